The molecule has 4 aliphatic rings. The number of halogens is 2. The summed E-state index contributed by atoms with van der Waals surface area (Å²) in [6.45, 7) is 4.01. The van der Waals surface area contributed by atoms with Gasteiger partial charge >= 0.3 is 6.01 Å². The van der Waals surface area contributed by atoms with Crippen molar-refractivity contribution >= 4 is 27.5 Å². The average Bonchev–Trinajstić information content (AvgIpc) is 3.55. The molecule has 4 aliphatic heterocycles. The van der Waals surface area contributed by atoms with Crippen LogP contribution in [0.25, 0.3) is 32.9 Å². The average molecular weight is 583 g/mol. The minimum absolute atomic E-state index is 0.0873. The Morgan fingerprint density at radius 3 is 2.74 bits per heavy atom. The van der Waals surface area contributed by atoms with Crippen LogP contribution in [0.3, 0.4) is 0 Å². The van der Waals surface area contributed by atoms with Crippen molar-refractivity contribution in [1.82, 2.24) is 25.2 Å². The molecule has 43 heavy (non-hydrogen) atoms. The molecule has 8 rings (SSSR count). The van der Waals surface area contributed by atoms with Crippen molar-refractivity contribution in [1.29, 1.82) is 0 Å². The zero-order valence-electron chi connectivity index (χ0n) is 23.7. The number of nitrogens with zero attached hydrogens (tertiary/aromatic N) is 5. The van der Waals surface area contributed by atoms with Crippen LogP contribution < -0.4 is 15.0 Å². The van der Waals surface area contributed by atoms with E-state index in [-0.39, 0.29) is 41.5 Å². The smallest absolute Gasteiger partial charge is 0.319 e. The van der Waals surface area contributed by atoms with Gasteiger partial charge in [-0.1, -0.05) is 36.3 Å². The first-order valence-electron chi connectivity index (χ1n) is 15.0. The summed E-state index contributed by atoms with van der Waals surface area (Å²) in [4.78, 5) is 18.4. The molecule has 2 bridgehead atoms. The first kappa shape index (κ1) is 26.7. The van der Waals surface area contributed by atoms with Gasteiger partial charge in [-0.3, -0.25) is 9.88 Å². The third-order valence-electron chi connectivity index (χ3n) is 9.48. The van der Waals surface area contributed by atoms with Crippen LogP contribution in [0.1, 0.15) is 24.8 Å². The van der Waals surface area contributed by atoms with E-state index in [1.54, 1.807) is 6.20 Å². The number of fused-ring (bicyclic) bond motifs is 5. The number of piperazine rings is 1. The van der Waals surface area contributed by atoms with Gasteiger partial charge in [-0.25, -0.2) is 8.78 Å². The van der Waals surface area contributed by atoms with Gasteiger partial charge in [-0.05, 0) is 30.8 Å². The number of hydrogen-bond donors (Lipinski definition) is 1. The number of terminal acetylenes is 1. The summed E-state index contributed by atoms with van der Waals surface area (Å²) in [5.41, 5.74) is 1.19. The molecule has 4 aromatic rings. The minimum atomic E-state index is -0.876. The second kappa shape index (κ2) is 10.4. The van der Waals surface area contributed by atoms with Crippen LogP contribution in [0.4, 0.5) is 14.6 Å². The topological polar surface area (TPSA) is 75.6 Å². The van der Waals surface area contributed by atoms with Crippen LogP contribution in [0, 0.1) is 18.2 Å². The molecule has 1 N–H and O–H groups in total. The number of benzene rings is 2. The third kappa shape index (κ3) is 4.49. The van der Waals surface area contributed by atoms with Crippen molar-refractivity contribution in [3.05, 3.63) is 54.0 Å². The largest absolute Gasteiger partial charge is 0.461 e. The van der Waals surface area contributed by atoms with Crippen LogP contribution in [0.5, 0.6) is 6.01 Å². The van der Waals surface area contributed by atoms with Crippen molar-refractivity contribution in [3.63, 3.8) is 0 Å². The molecule has 4 fully saturated rings. The highest BCUT2D eigenvalue weighted by Crippen LogP contribution is 2.41. The number of ether oxygens (including phenoxy) is 2. The van der Waals surface area contributed by atoms with E-state index >= 15 is 4.39 Å². The highest BCUT2D eigenvalue weighted by molar-refractivity contribution is 6.02. The lowest BCUT2D eigenvalue weighted by atomic mass is 9.95. The number of nitrogens with one attached hydrogen (secondary N) is 1. The van der Waals surface area contributed by atoms with Gasteiger partial charge in [-0.2, -0.15) is 9.97 Å². The highest BCUT2D eigenvalue weighted by atomic mass is 19.1. The van der Waals surface area contributed by atoms with Gasteiger partial charge in [0.1, 0.15) is 29.8 Å². The van der Waals surface area contributed by atoms with Crippen molar-refractivity contribution < 1.29 is 18.3 Å². The van der Waals surface area contributed by atoms with E-state index in [0.29, 0.717) is 61.6 Å². The summed E-state index contributed by atoms with van der Waals surface area (Å²) >= 11 is 0. The molecule has 0 radical (unpaired) electrons. The molecule has 0 amide bonds. The van der Waals surface area contributed by atoms with Gasteiger partial charge in [-0.15, -0.1) is 6.42 Å². The molecule has 2 aromatic carbocycles. The summed E-state index contributed by atoms with van der Waals surface area (Å²) in [5, 5.41) is 5.77. The maximum absolute atomic E-state index is 16.7. The number of pyridine rings is 1. The molecule has 4 atom stereocenters. The van der Waals surface area contributed by atoms with Crippen molar-refractivity contribution in [3.8, 4) is 29.6 Å². The zero-order chi connectivity index (χ0) is 29.1. The normalized spacial score (nSPS) is 27.0. The molecule has 0 spiro atoms. The van der Waals surface area contributed by atoms with E-state index in [0.717, 1.165) is 30.2 Å². The second-order valence-corrected chi connectivity index (χ2v) is 12.2. The van der Waals surface area contributed by atoms with E-state index in [1.165, 1.54) is 0 Å². The molecule has 220 valence electrons. The van der Waals surface area contributed by atoms with Crippen LogP contribution in [0.15, 0.2) is 42.6 Å². The maximum atomic E-state index is 16.7. The number of alkyl halides is 1. The third-order valence-corrected chi connectivity index (χ3v) is 9.48. The van der Waals surface area contributed by atoms with Gasteiger partial charge in [0.2, 0.25) is 0 Å². The summed E-state index contributed by atoms with van der Waals surface area (Å²) in [7, 11) is 0. The number of morpholine rings is 1. The molecular weight excluding hydrogens is 550 g/mol. The molecule has 10 heteroatoms. The zero-order valence-corrected chi connectivity index (χ0v) is 23.7. The minimum Gasteiger partial charge on any atom is -0.461 e. The van der Waals surface area contributed by atoms with E-state index in [2.05, 4.69) is 31.0 Å². The molecule has 4 saturated heterocycles. The first-order chi connectivity index (χ1) is 21.0. The summed E-state index contributed by atoms with van der Waals surface area (Å²) in [6.07, 6.45) is 8.90. The molecule has 0 aliphatic carbocycles. The predicted molar refractivity (Wildman–Crippen MR) is 160 cm³/mol. The van der Waals surface area contributed by atoms with E-state index in [9.17, 15) is 4.39 Å². The Bertz CT molecular complexity index is 1760. The second-order valence-electron chi connectivity index (χ2n) is 12.2. The van der Waals surface area contributed by atoms with Gasteiger partial charge in [0.15, 0.2) is 5.82 Å². The lowest BCUT2D eigenvalue weighted by molar-refractivity contribution is 0.0374. The van der Waals surface area contributed by atoms with Crippen LogP contribution in [-0.2, 0) is 4.74 Å². The summed E-state index contributed by atoms with van der Waals surface area (Å²) < 4.78 is 43.2. The fourth-order valence-corrected chi connectivity index (χ4v) is 7.59. The Morgan fingerprint density at radius 2 is 1.93 bits per heavy atom. The summed E-state index contributed by atoms with van der Waals surface area (Å²) in [6, 6.07) is 11.7. The van der Waals surface area contributed by atoms with Crippen LogP contribution in [-0.4, -0.2) is 89.6 Å². The fourth-order valence-electron chi connectivity index (χ4n) is 7.59. The van der Waals surface area contributed by atoms with E-state index < -0.39 is 12.0 Å². The Kier molecular flexibility index (Phi) is 6.44. The monoisotopic (exact) mass is 582 g/mol. The Balaban J connectivity index is 1.25. The van der Waals surface area contributed by atoms with Gasteiger partial charge in [0, 0.05) is 60.8 Å². The molecule has 0 saturated carbocycles. The molecule has 6 heterocycles. The van der Waals surface area contributed by atoms with Crippen LogP contribution >= 0.6 is 0 Å². The number of aromatic nitrogens is 3. The molecule has 8 nitrogen and oxygen atoms in total. The molecule has 2 aromatic heterocycles. The van der Waals surface area contributed by atoms with Crippen molar-refractivity contribution in [2.24, 2.45) is 0 Å². The highest BCUT2D eigenvalue weighted by Gasteiger charge is 2.49. The Morgan fingerprint density at radius 1 is 1.12 bits per heavy atom. The van der Waals surface area contributed by atoms with Crippen LogP contribution in [0.2, 0.25) is 0 Å². The van der Waals surface area contributed by atoms with E-state index in [4.69, 9.17) is 20.9 Å². The van der Waals surface area contributed by atoms with Gasteiger partial charge < -0.3 is 19.7 Å². The van der Waals surface area contributed by atoms with Crippen molar-refractivity contribution in [2.75, 3.05) is 50.9 Å². The quantitative estimate of drug-likeness (QED) is 0.353. The molecule has 2 unspecified atom stereocenters. The summed E-state index contributed by atoms with van der Waals surface area (Å²) in [5.74, 6) is 2.75. The predicted octanol–water partition coefficient (Wildman–Crippen LogP) is 4.10. The van der Waals surface area contributed by atoms with Gasteiger partial charge in [0.05, 0.1) is 24.1 Å². The standard InChI is InChI=1S/C33H32F2N6O2/c1-2-20-6-3-7-21-8-4-9-25(27(20)21)29-28(35)30-26(13-36-29)31(40-15-23-17-42-18-24(16-40)37-23)39-32(38-30)43-19-33-10-5-11-41(33)14-22(34)12-33/h1,3-4,6-9,13,22-24,37H,5,10-12,14-19H2/t22-,23?,24?,33+/m1/s1. The fraction of sp³-hybridized carbons (Fsp3) is 0.424. The van der Waals surface area contributed by atoms with Crippen molar-refractivity contribution in [2.45, 2.75) is 43.1 Å². The number of anilines is 1. The molecular formula is C33H32F2N6O2. The number of hydrogen-bond acceptors (Lipinski definition) is 8. The van der Waals surface area contributed by atoms with E-state index in [1.807, 2.05) is 36.4 Å². The Hall–Kier alpha value is -3.91. The van der Waals surface area contributed by atoms with Gasteiger partial charge in [0.25, 0.3) is 0 Å². The first-order valence-corrected chi connectivity index (χ1v) is 15.0. The number of rotatable bonds is 5. The lowest BCUT2D eigenvalue weighted by Gasteiger charge is -2.42. The lowest BCUT2D eigenvalue weighted by Crippen LogP contribution is -2.63. The SMILES string of the molecule is C#Cc1cccc2cccc(-c3ncc4c(N5CC6COCC(C5)N6)nc(OC[C@@]56CCCN5C[C@H](F)C6)nc4c3F)c12. The maximum Gasteiger partial charge on any atom is 0.319 e. The Labute approximate surface area is 248 Å².